The van der Waals surface area contributed by atoms with Crippen molar-refractivity contribution < 1.29 is 19.1 Å². The van der Waals surface area contributed by atoms with E-state index in [2.05, 4.69) is 5.32 Å². The molecule has 152 valence electrons. The maximum atomic E-state index is 12.2. The minimum absolute atomic E-state index is 0.131. The van der Waals surface area contributed by atoms with Crippen molar-refractivity contribution in [1.82, 2.24) is 0 Å². The van der Waals surface area contributed by atoms with Gasteiger partial charge < -0.3 is 14.8 Å². The van der Waals surface area contributed by atoms with E-state index in [1.165, 1.54) is 0 Å². The molecule has 0 fully saturated rings. The van der Waals surface area contributed by atoms with E-state index in [4.69, 9.17) is 14.7 Å². The molecule has 0 atom stereocenters. The van der Waals surface area contributed by atoms with Crippen LogP contribution in [0.5, 0.6) is 0 Å². The van der Waals surface area contributed by atoms with Crippen LogP contribution < -0.4 is 5.32 Å². The van der Waals surface area contributed by atoms with Gasteiger partial charge in [0.15, 0.2) is 6.61 Å². The number of nitrogens with zero attached hydrogens (tertiary/aromatic N) is 1. The fourth-order valence-electron chi connectivity index (χ4n) is 2.62. The molecule has 2 rings (SSSR count). The normalized spacial score (nSPS) is 10.5. The van der Waals surface area contributed by atoms with Gasteiger partial charge in [-0.25, -0.2) is 4.79 Å². The number of esters is 1. The first-order chi connectivity index (χ1) is 13.8. The van der Waals surface area contributed by atoms with E-state index in [9.17, 15) is 9.59 Å². The number of aryl methyl sites for hydroxylation is 2. The quantitative estimate of drug-likeness (QED) is 0.387. The largest absolute Gasteiger partial charge is 0.452 e. The molecule has 1 amide bonds. The summed E-state index contributed by atoms with van der Waals surface area (Å²) >= 11 is 1.06. The lowest BCUT2D eigenvalue weighted by atomic mass is 10.1. The Morgan fingerprint density at radius 1 is 1.14 bits per heavy atom. The average molecular weight is 413 g/mol. The zero-order valence-corrected chi connectivity index (χ0v) is 17.8. The fourth-order valence-corrected chi connectivity index (χ4v) is 3.20. The molecule has 29 heavy (non-hydrogen) atoms. The molecular weight excluding hydrogens is 388 g/mol. The van der Waals surface area contributed by atoms with Gasteiger partial charge in [-0.2, -0.15) is 5.26 Å². The fraction of sp³-hybridized carbons (Fsp3) is 0.318. The number of rotatable bonds is 8. The van der Waals surface area contributed by atoms with Crippen LogP contribution in [0.4, 0.5) is 5.69 Å². The van der Waals surface area contributed by atoms with Gasteiger partial charge >= 0.3 is 5.97 Å². The molecule has 1 N–H and O–H groups in total. The number of hydrogen-bond donors (Lipinski definition) is 1. The summed E-state index contributed by atoms with van der Waals surface area (Å²) in [5.74, 6) is -0.988. The van der Waals surface area contributed by atoms with Gasteiger partial charge in [0.2, 0.25) is 0 Å². The molecule has 0 radical (unpaired) electrons. The van der Waals surface area contributed by atoms with E-state index in [0.29, 0.717) is 17.9 Å². The van der Waals surface area contributed by atoms with Crippen molar-refractivity contribution in [3.8, 4) is 5.40 Å². The van der Waals surface area contributed by atoms with Crippen LogP contribution in [0.2, 0.25) is 0 Å². The highest BCUT2D eigenvalue weighted by atomic mass is 32.2. The first-order valence-electron chi connectivity index (χ1n) is 9.15. The van der Waals surface area contributed by atoms with Crippen molar-refractivity contribution in [1.29, 1.82) is 5.26 Å². The van der Waals surface area contributed by atoms with Gasteiger partial charge in [-0.1, -0.05) is 12.1 Å². The van der Waals surface area contributed by atoms with Crippen molar-refractivity contribution in [2.45, 2.75) is 45.3 Å². The zero-order valence-electron chi connectivity index (χ0n) is 16.9. The van der Waals surface area contributed by atoms with Gasteiger partial charge in [0.25, 0.3) is 5.91 Å². The van der Waals surface area contributed by atoms with E-state index in [-0.39, 0.29) is 12.7 Å². The lowest BCUT2D eigenvalue weighted by Gasteiger charge is -2.13. The highest BCUT2D eigenvalue weighted by molar-refractivity contribution is 8.03. The number of nitriles is 1. The first-order valence-corrected chi connectivity index (χ1v) is 9.96. The number of hydrogen-bond acceptors (Lipinski definition) is 6. The number of thioether (sulfide) groups is 1. The summed E-state index contributed by atoms with van der Waals surface area (Å²) in [6.45, 7) is 7.70. The SMILES string of the molecule is Cc1cc(SC#N)cc(C)c1NC(=O)COC(=O)c1ccc(COC(C)C)cc1. The molecule has 0 aliphatic rings. The van der Waals surface area contributed by atoms with Crippen molar-refractivity contribution in [3.63, 3.8) is 0 Å². The number of carbonyl (C=O) groups excluding carboxylic acids is 2. The first kappa shape index (κ1) is 22.5. The van der Waals surface area contributed by atoms with Crippen LogP contribution in [-0.2, 0) is 20.9 Å². The molecule has 0 saturated heterocycles. The smallest absolute Gasteiger partial charge is 0.338 e. The number of ether oxygens (including phenoxy) is 2. The second-order valence-corrected chi connectivity index (χ2v) is 7.66. The standard InChI is InChI=1S/C22H24N2O4S/c1-14(2)27-11-17-5-7-18(8-6-17)22(26)28-12-20(25)24-21-15(3)9-19(29-13-23)10-16(21)4/h5-10,14H,11-12H2,1-4H3,(H,24,25). The van der Waals surface area contributed by atoms with Crippen LogP contribution in [-0.4, -0.2) is 24.6 Å². The topological polar surface area (TPSA) is 88.4 Å². The number of benzene rings is 2. The van der Waals surface area contributed by atoms with E-state index in [0.717, 1.165) is 33.3 Å². The van der Waals surface area contributed by atoms with E-state index in [1.54, 1.807) is 24.3 Å². The number of carbonyl (C=O) groups is 2. The highest BCUT2D eigenvalue weighted by Crippen LogP contribution is 2.27. The second-order valence-electron chi connectivity index (χ2n) is 6.81. The zero-order chi connectivity index (χ0) is 21.4. The van der Waals surface area contributed by atoms with Crippen LogP contribution in [0.15, 0.2) is 41.3 Å². The average Bonchev–Trinajstić information content (AvgIpc) is 2.68. The van der Waals surface area contributed by atoms with Gasteiger partial charge in [-0.05, 0) is 80.4 Å². The Morgan fingerprint density at radius 3 is 2.31 bits per heavy atom. The Balaban J connectivity index is 1.90. The Hall–Kier alpha value is -2.82. The Bertz CT molecular complexity index is 894. The van der Waals surface area contributed by atoms with Crippen LogP contribution in [0.3, 0.4) is 0 Å². The Labute approximate surface area is 175 Å². The third-order valence-corrected chi connectivity index (χ3v) is 4.60. The maximum absolute atomic E-state index is 12.2. The monoisotopic (exact) mass is 412 g/mol. The minimum atomic E-state index is -0.564. The van der Waals surface area contributed by atoms with Gasteiger partial charge in [0.1, 0.15) is 5.40 Å². The minimum Gasteiger partial charge on any atom is -0.452 e. The second kappa shape index (κ2) is 10.6. The molecule has 0 bridgehead atoms. The number of thiocyanates is 1. The van der Waals surface area contributed by atoms with Crippen LogP contribution in [0, 0.1) is 24.5 Å². The molecule has 0 heterocycles. The van der Waals surface area contributed by atoms with Crippen LogP contribution in [0.25, 0.3) is 0 Å². The van der Waals surface area contributed by atoms with Gasteiger partial charge in [-0.3, -0.25) is 4.79 Å². The number of amides is 1. The third-order valence-electron chi connectivity index (χ3n) is 4.04. The molecule has 0 saturated carbocycles. The summed E-state index contributed by atoms with van der Waals surface area (Å²) in [7, 11) is 0. The van der Waals surface area contributed by atoms with Crippen molar-refractivity contribution in [3.05, 3.63) is 58.7 Å². The molecule has 0 aliphatic heterocycles. The summed E-state index contributed by atoms with van der Waals surface area (Å²) in [4.78, 5) is 25.2. The Kier molecular flexibility index (Phi) is 8.25. The van der Waals surface area contributed by atoms with E-state index in [1.807, 2.05) is 45.2 Å². The van der Waals surface area contributed by atoms with Gasteiger partial charge in [0.05, 0.1) is 18.3 Å². The molecular formula is C22H24N2O4S. The summed E-state index contributed by atoms with van der Waals surface area (Å²) < 4.78 is 10.6. The molecule has 7 heteroatoms. The maximum Gasteiger partial charge on any atom is 0.338 e. The molecule has 2 aromatic carbocycles. The molecule has 0 unspecified atom stereocenters. The summed E-state index contributed by atoms with van der Waals surface area (Å²) in [5, 5.41) is 13.6. The van der Waals surface area contributed by atoms with Crippen molar-refractivity contribution in [2.24, 2.45) is 0 Å². The molecule has 0 aliphatic carbocycles. The number of anilines is 1. The molecule has 2 aromatic rings. The lowest BCUT2D eigenvalue weighted by molar-refractivity contribution is -0.119. The molecule has 6 nitrogen and oxygen atoms in total. The van der Waals surface area contributed by atoms with Crippen LogP contribution >= 0.6 is 11.8 Å². The summed E-state index contributed by atoms with van der Waals surface area (Å²) in [6.07, 6.45) is 0.131. The summed E-state index contributed by atoms with van der Waals surface area (Å²) in [6, 6.07) is 10.6. The van der Waals surface area contributed by atoms with E-state index >= 15 is 0 Å². The van der Waals surface area contributed by atoms with Crippen molar-refractivity contribution >= 4 is 29.3 Å². The number of nitrogens with one attached hydrogen (secondary N) is 1. The van der Waals surface area contributed by atoms with Crippen LogP contribution in [0.1, 0.15) is 40.9 Å². The predicted molar refractivity (Wildman–Crippen MR) is 113 cm³/mol. The van der Waals surface area contributed by atoms with Gasteiger partial charge in [0, 0.05) is 10.6 Å². The van der Waals surface area contributed by atoms with Gasteiger partial charge in [-0.15, -0.1) is 0 Å². The summed E-state index contributed by atoms with van der Waals surface area (Å²) in [5.41, 5.74) is 3.65. The van der Waals surface area contributed by atoms with Crippen molar-refractivity contribution in [2.75, 3.05) is 11.9 Å². The molecule has 0 aromatic heterocycles. The lowest BCUT2D eigenvalue weighted by Crippen LogP contribution is -2.22. The highest BCUT2D eigenvalue weighted by Gasteiger charge is 2.13. The Morgan fingerprint density at radius 2 is 1.76 bits per heavy atom. The van der Waals surface area contributed by atoms with E-state index < -0.39 is 11.9 Å². The predicted octanol–water partition coefficient (Wildman–Crippen LogP) is 4.60. The molecule has 0 spiro atoms. The third kappa shape index (κ3) is 6.93.